The maximum Gasteiger partial charge on any atom is 0.122 e. The van der Waals surface area contributed by atoms with Gasteiger partial charge in [0.25, 0.3) is 0 Å². The summed E-state index contributed by atoms with van der Waals surface area (Å²) in [6.07, 6.45) is 5.87. The maximum absolute atomic E-state index is 5.97. The van der Waals surface area contributed by atoms with Crippen LogP contribution in [-0.4, -0.2) is 21.2 Å². The number of hydrogen-bond acceptors (Lipinski definition) is 4. The second-order valence-corrected chi connectivity index (χ2v) is 8.13. The Balaban J connectivity index is 1.51. The van der Waals surface area contributed by atoms with E-state index in [0.29, 0.717) is 0 Å². The second-order valence-electron chi connectivity index (χ2n) is 6.73. The van der Waals surface area contributed by atoms with E-state index in [1.54, 1.807) is 18.0 Å². The number of ether oxygens (including phenoxy) is 1. The molecule has 0 bridgehead atoms. The summed E-state index contributed by atoms with van der Waals surface area (Å²) in [5.41, 5.74) is 4.20. The van der Waals surface area contributed by atoms with Gasteiger partial charge in [0.15, 0.2) is 0 Å². The highest BCUT2D eigenvalue weighted by atomic mass is 35.5. The van der Waals surface area contributed by atoms with Crippen LogP contribution in [0.3, 0.4) is 0 Å². The average Bonchev–Trinajstić information content (AvgIpc) is 3.19. The van der Waals surface area contributed by atoms with Gasteiger partial charge in [-0.1, -0.05) is 48.8 Å². The molecule has 2 aromatic carbocycles. The number of benzene rings is 2. The molecule has 0 amide bonds. The van der Waals surface area contributed by atoms with Gasteiger partial charge in [-0.25, -0.2) is 9.50 Å². The Kier molecular flexibility index (Phi) is 6.37. The summed E-state index contributed by atoms with van der Waals surface area (Å²) in [6.45, 7) is 2.91. The van der Waals surface area contributed by atoms with E-state index in [0.717, 1.165) is 57.8 Å². The largest absolute Gasteiger partial charge is 0.494 e. The lowest BCUT2D eigenvalue weighted by Gasteiger charge is -2.05. The van der Waals surface area contributed by atoms with Crippen molar-refractivity contribution in [3.8, 4) is 17.0 Å². The topological polar surface area (TPSA) is 39.4 Å². The predicted octanol–water partition coefficient (Wildman–Crippen LogP) is 6.52. The van der Waals surface area contributed by atoms with E-state index < -0.39 is 0 Å². The van der Waals surface area contributed by atoms with E-state index in [1.807, 2.05) is 47.1 Å². The van der Waals surface area contributed by atoms with Crippen molar-refractivity contribution in [1.29, 1.82) is 0 Å². The molecule has 0 unspecified atom stereocenters. The maximum atomic E-state index is 5.97. The minimum Gasteiger partial charge on any atom is -0.494 e. The molecule has 0 N–H and O–H groups in total. The summed E-state index contributed by atoms with van der Waals surface area (Å²) in [6, 6.07) is 18.1. The molecule has 0 fully saturated rings. The first-order chi connectivity index (χ1) is 14.2. The molecule has 0 saturated heterocycles. The van der Waals surface area contributed by atoms with Crippen molar-refractivity contribution in [3.05, 3.63) is 77.6 Å². The van der Waals surface area contributed by atoms with E-state index in [9.17, 15) is 0 Å². The van der Waals surface area contributed by atoms with Gasteiger partial charge in [-0.2, -0.15) is 5.10 Å². The van der Waals surface area contributed by atoms with Crippen LogP contribution in [0.25, 0.3) is 16.8 Å². The van der Waals surface area contributed by atoms with Crippen molar-refractivity contribution in [2.45, 2.75) is 30.5 Å². The summed E-state index contributed by atoms with van der Waals surface area (Å²) in [5.74, 6) is 1.72. The molecule has 0 aliphatic heterocycles. The van der Waals surface area contributed by atoms with Crippen molar-refractivity contribution in [2.75, 3.05) is 6.61 Å². The van der Waals surface area contributed by atoms with Gasteiger partial charge in [-0.15, -0.1) is 0 Å². The molecule has 0 aliphatic carbocycles. The van der Waals surface area contributed by atoms with Crippen LogP contribution in [0.4, 0.5) is 0 Å². The van der Waals surface area contributed by atoms with Crippen molar-refractivity contribution < 1.29 is 4.74 Å². The lowest BCUT2D eigenvalue weighted by atomic mass is 10.1. The molecule has 0 spiro atoms. The standard InChI is InChI=1S/C23H22ClN3OS/c1-2-3-14-28-20-10-6-18(7-11-20)21-15-22-23(25-12-13-27(22)26-21)29-16-17-4-8-19(24)9-5-17/h4-13,15H,2-3,14,16H2,1H3. The first-order valence-electron chi connectivity index (χ1n) is 9.68. The zero-order chi connectivity index (χ0) is 20.1. The van der Waals surface area contributed by atoms with Crippen LogP contribution in [0.1, 0.15) is 25.3 Å². The van der Waals surface area contributed by atoms with Crippen LogP contribution < -0.4 is 4.74 Å². The van der Waals surface area contributed by atoms with E-state index in [1.165, 1.54) is 5.56 Å². The fourth-order valence-corrected chi connectivity index (χ4v) is 4.00. The number of fused-ring (bicyclic) bond motifs is 1. The quantitative estimate of drug-likeness (QED) is 0.239. The molecule has 148 valence electrons. The minimum absolute atomic E-state index is 0.751. The fraction of sp³-hybridized carbons (Fsp3) is 0.217. The zero-order valence-corrected chi connectivity index (χ0v) is 17.8. The van der Waals surface area contributed by atoms with E-state index in [4.69, 9.17) is 21.4 Å². The van der Waals surface area contributed by atoms with E-state index in [2.05, 4.69) is 30.1 Å². The Morgan fingerprint density at radius 1 is 1.07 bits per heavy atom. The van der Waals surface area contributed by atoms with Crippen molar-refractivity contribution >= 4 is 28.9 Å². The van der Waals surface area contributed by atoms with Crippen LogP contribution in [0.5, 0.6) is 5.75 Å². The fourth-order valence-electron chi connectivity index (χ4n) is 2.94. The van der Waals surface area contributed by atoms with Crippen molar-refractivity contribution in [1.82, 2.24) is 14.6 Å². The van der Waals surface area contributed by atoms with Gasteiger partial charge < -0.3 is 4.74 Å². The van der Waals surface area contributed by atoms with Crippen LogP contribution in [0, 0.1) is 0 Å². The van der Waals surface area contributed by atoms with E-state index >= 15 is 0 Å². The molecular formula is C23H22ClN3OS. The Bertz CT molecular complexity index is 1080. The first-order valence-corrected chi connectivity index (χ1v) is 11.0. The summed E-state index contributed by atoms with van der Waals surface area (Å²) in [4.78, 5) is 4.56. The summed E-state index contributed by atoms with van der Waals surface area (Å²) >= 11 is 7.67. The van der Waals surface area contributed by atoms with Crippen LogP contribution in [0.15, 0.2) is 72.0 Å². The highest BCUT2D eigenvalue weighted by Gasteiger charge is 2.10. The van der Waals surface area contributed by atoms with Crippen molar-refractivity contribution in [3.63, 3.8) is 0 Å². The summed E-state index contributed by atoms with van der Waals surface area (Å²) < 4.78 is 7.64. The van der Waals surface area contributed by atoms with E-state index in [-0.39, 0.29) is 0 Å². The van der Waals surface area contributed by atoms with Crippen LogP contribution >= 0.6 is 23.4 Å². The molecule has 4 nitrogen and oxygen atoms in total. The first kappa shape index (κ1) is 19.8. The number of nitrogens with zero attached hydrogens (tertiary/aromatic N) is 3. The minimum atomic E-state index is 0.751. The van der Waals surface area contributed by atoms with Crippen molar-refractivity contribution in [2.24, 2.45) is 0 Å². The molecule has 4 aromatic rings. The number of halogens is 1. The van der Waals surface area contributed by atoms with Gasteiger partial charge >= 0.3 is 0 Å². The second kappa shape index (κ2) is 9.33. The number of thioether (sulfide) groups is 1. The summed E-state index contributed by atoms with van der Waals surface area (Å²) in [5, 5.41) is 6.43. The third-order valence-electron chi connectivity index (χ3n) is 4.56. The van der Waals surface area contributed by atoms with Crippen LogP contribution in [0.2, 0.25) is 5.02 Å². The number of hydrogen-bond donors (Lipinski definition) is 0. The molecule has 2 aromatic heterocycles. The highest BCUT2D eigenvalue weighted by Crippen LogP contribution is 2.29. The highest BCUT2D eigenvalue weighted by molar-refractivity contribution is 7.98. The van der Waals surface area contributed by atoms with Gasteiger partial charge in [-0.05, 0) is 54.4 Å². The molecule has 6 heteroatoms. The normalized spacial score (nSPS) is 11.1. The number of rotatable bonds is 8. The molecule has 0 saturated carbocycles. The molecule has 2 heterocycles. The Morgan fingerprint density at radius 3 is 2.62 bits per heavy atom. The third kappa shape index (κ3) is 4.92. The summed E-state index contributed by atoms with van der Waals surface area (Å²) in [7, 11) is 0. The molecule has 0 aliphatic rings. The van der Waals surface area contributed by atoms with Gasteiger partial charge in [0.05, 0.1) is 17.8 Å². The zero-order valence-electron chi connectivity index (χ0n) is 16.2. The lowest BCUT2D eigenvalue weighted by molar-refractivity contribution is 0.309. The Hall–Kier alpha value is -2.50. The lowest BCUT2D eigenvalue weighted by Crippen LogP contribution is -1.96. The molecule has 29 heavy (non-hydrogen) atoms. The third-order valence-corrected chi connectivity index (χ3v) is 5.88. The van der Waals surface area contributed by atoms with Gasteiger partial charge in [0.2, 0.25) is 0 Å². The van der Waals surface area contributed by atoms with Gasteiger partial charge in [-0.3, -0.25) is 0 Å². The molecular weight excluding hydrogens is 402 g/mol. The number of aromatic nitrogens is 3. The predicted molar refractivity (Wildman–Crippen MR) is 120 cm³/mol. The monoisotopic (exact) mass is 423 g/mol. The molecule has 0 atom stereocenters. The Morgan fingerprint density at radius 2 is 1.86 bits per heavy atom. The average molecular weight is 424 g/mol. The molecule has 0 radical (unpaired) electrons. The molecule has 4 rings (SSSR count). The van der Waals surface area contributed by atoms with Gasteiger partial charge in [0.1, 0.15) is 10.8 Å². The van der Waals surface area contributed by atoms with Crippen LogP contribution in [-0.2, 0) is 5.75 Å². The van der Waals surface area contributed by atoms with Gasteiger partial charge in [0, 0.05) is 28.7 Å². The Labute approximate surface area is 179 Å². The number of unbranched alkanes of at least 4 members (excludes halogenated alkanes) is 1. The SMILES string of the molecule is CCCCOc1ccc(-c2cc3c(SCc4ccc(Cl)cc4)nccn3n2)cc1. The smallest absolute Gasteiger partial charge is 0.122 e.